The van der Waals surface area contributed by atoms with E-state index in [1.165, 1.54) is 7.11 Å². The average Bonchev–Trinajstić information content (AvgIpc) is 2.23. The molecule has 0 aromatic carbocycles. The molecular formula is C11H19NO5. The largest absolute Gasteiger partial charge is 0.480 e. The molecule has 0 aliphatic carbocycles. The van der Waals surface area contributed by atoms with E-state index in [0.717, 1.165) is 0 Å². The highest BCUT2D eigenvalue weighted by Gasteiger charge is 2.35. The van der Waals surface area contributed by atoms with Crippen LogP contribution in [0.15, 0.2) is 0 Å². The van der Waals surface area contributed by atoms with Crippen molar-refractivity contribution in [2.75, 3.05) is 7.11 Å². The lowest BCUT2D eigenvalue weighted by Crippen LogP contribution is -2.49. The molecule has 17 heavy (non-hydrogen) atoms. The van der Waals surface area contributed by atoms with E-state index in [1.54, 1.807) is 0 Å². The van der Waals surface area contributed by atoms with Crippen LogP contribution in [-0.2, 0) is 14.3 Å². The second kappa shape index (κ2) is 5.86. The van der Waals surface area contributed by atoms with E-state index in [-0.39, 0.29) is 18.1 Å². The fourth-order valence-corrected chi connectivity index (χ4v) is 2.30. The van der Waals surface area contributed by atoms with Crippen molar-refractivity contribution < 1.29 is 24.2 Å². The van der Waals surface area contributed by atoms with Crippen LogP contribution in [0, 0.1) is 5.92 Å². The lowest BCUT2D eigenvalue weighted by Gasteiger charge is -2.35. The molecule has 0 unspecified atom stereocenters. The Kier molecular flexibility index (Phi) is 4.74. The molecule has 6 nitrogen and oxygen atoms in total. The minimum absolute atomic E-state index is 0.00467. The van der Waals surface area contributed by atoms with Crippen molar-refractivity contribution in [3.05, 3.63) is 0 Å². The molecule has 0 saturated carbocycles. The third kappa shape index (κ3) is 3.89. The van der Waals surface area contributed by atoms with Gasteiger partial charge in [0.1, 0.15) is 6.04 Å². The van der Waals surface area contributed by atoms with Gasteiger partial charge in [0.25, 0.3) is 0 Å². The summed E-state index contributed by atoms with van der Waals surface area (Å²) in [6.45, 7) is 3.80. The molecule has 0 radical (unpaired) electrons. The van der Waals surface area contributed by atoms with E-state index in [9.17, 15) is 9.59 Å². The molecular weight excluding hydrogens is 226 g/mol. The third-order valence-electron chi connectivity index (χ3n) is 2.93. The molecule has 1 aliphatic heterocycles. The predicted octanol–water partition coefficient (Wildman–Crippen LogP) is 0.999. The van der Waals surface area contributed by atoms with Crippen molar-refractivity contribution in [3.8, 4) is 0 Å². The Bertz CT molecular complexity index is 284. The molecule has 2 N–H and O–H groups in total. The molecule has 6 heteroatoms. The normalized spacial score (nSPS) is 30.4. The fraction of sp³-hybridized carbons (Fsp3) is 0.818. The minimum atomic E-state index is -1.04. The summed E-state index contributed by atoms with van der Waals surface area (Å²) in [5, 5.41) is 11.5. The topological polar surface area (TPSA) is 84.9 Å². The van der Waals surface area contributed by atoms with Crippen molar-refractivity contribution in [3.63, 3.8) is 0 Å². The summed E-state index contributed by atoms with van der Waals surface area (Å²) in [4.78, 5) is 22.3. The highest BCUT2D eigenvalue weighted by molar-refractivity contribution is 5.80. The number of alkyl carbamates (subject to hydrolysis) is 1. The van der Waals surface area contributed by atoms with Gasteiger partial charge < -0.3 is 19.9 Å². The quantitative estimate of drug-likeness (QED) is 0.774. The van der Waals surface area contributed by atoms with Crippen LogP contribution >= 0.6 is 0 Å². The molecule has 1 heterocycles. The Hall–Kier alpha value is -1.30. The molecule has 1 amide bonds. The molecule has 0 aromatic rings. The Morgan fingerprint density at radius 2 is 1.88 bits per heavy atom. The van der Waals surface area contributed by atoms with Crippen molar-refractivity contribution in [1.29, 1.82) is 0 Å². The lowest BCUT2D eigenvalue weighted by atomic mass is 9.86. The van der Waals surface area contributed by atoms with Crippen LogP contribution in [0.5, 0.6) is 0 Å². The maximum atomic E-state index is 11.2. The van der Waals surface area contributed by atoms with E-state index in [2.05, 4.69) is 10.1 Å². The molecule has 1 rings (SSSR count). The Balaban J connectivity index is 2.69. The molecule has 98 valence electrons. The molecule has 0 bridgehead atoms. The first kappa shape index (κ1) is 13.8. The van der Waals surface area contributed by atoms with Gasteiger partial charge in [-0.2, -0.15) is 0 Å². The van der Waals surface area contributed by atoms with Crippen molar-refractivity contribution in [2.24, 2.45) is 5.92 Å². The summed E-state index contributed by atoms with van der Waals surface area (Å²) < 4.78 is 9.97. The van der Waals surface area contributed by atoms with Gasteiger partial charge in [-0.05, 0) is 32.6 Å². The second-order valence-electron chi connectivity index (χ2n) is 4.44. The number of ether oxygens (including phenoxy) is 2. The highest BCUT2D eigenvalue weighted by Crippen LogP contribution is 2.27. The third-order valence-corrected chi connectivity index (χ3v) is 2.93. The molecule has 0 spiro atoms. The number of amides is 1. The van der Waals surface area contributed by atoms with Gasteiger partial charge in [0, 0.05) is 0 Å². The Morgan fingerprint density at radius 1 is 1.35 bits per heavy atom. The second-order valence-corrected chi connectivity index (χ2v) is 4.44. The molecule has 1 fully saturated rings. The van der Waals surface area contributed by atoms with Gasteiger partial charge in [-0.25, -0.2) is 9.59 Å². The molecule has 4 atom stereocenters. The smallest absolute Gasteiger partial charge is 0.407 e. The van der Waals surface area contributed by atoms with Crippen LogP contribution in [-0.4, -0.2) is 42.5 Å². The van der Waals surface area contributed by atoms with Gasteiger partial charge in [0.05, 0.1) is 19.3 Å². The molecule has 1 saturated heterocycles. The number of aliphatic carboxylic acids is 1. The van der Waals surface area contributed by atoms with Gasteiger partial charge in [0.2, 0.25) is 0 Å². The zero-order valence-electron chi connectivity index (χ0n) is 10.3. The summed E-state index contributed by atoms with van der Waals surface area (Å²) >= 11 is 0. The van der Waals surface area contributed by atoms with Gasteiger partial charge in [0.15, 0.2) is 0 Å². The summed E-state index contributed by atoms with van der Waals surface area (Å²) in [5.74, 6) is -1.17. The monoisotopic (exact) mass is 245 g/mol. The zero-order chi connectivity index (χ0) is 13.0. The maximum Gasteiger partial charge on any atom is 0.407 e. The van der Waals surface area contributed by atoms with Gasteiger partial charge in [-0.15, -0.1) is 0 Å². The van der Waals surface area contributed by atoms with Gasteiger partial charge in [-0.3, -0.25) is 0 Å². The first-order chi connectivity index (χ1) is 7.93. The van der Waals surface area contributed by atoms with Crippen molar-refractivity contribution >= 4 is 12.1 Å². The van der Waals surface area contributed by atoms with E-state index >= 15 is 0 Å². The summed E-state index contributed by atoms with van der Waals surface area (Å²) in [7, 11) is 1.21. The first-order valence-electron chi connectivity index (χ1n) is 5.66. The zero-order valence-corrected chi connectivity index (χ0v) is 10.3. The average molecular weight is 245 g/mol. The van der Waals surface area contributed by atoms with Crippen LogP contribution in [0.25, 0.3) is 0 Å². The summed E-state index contributed by atoms with van der Waals surface area (Å²) in [6, 6.07) is -0.920. The number of rotatable bonds is 3. The van der Waals surface area contributed by atoms with Crippen LogP contribution in [0.2, 0.25) is 0 Å². The maximum absolute atomic E-state index is 11.2. The standard InChI is InChI=1S/C11H19NO5/c1-6-4-8(5-7(2)17-6)9(10(13)14)12-11(15)16-3/h6-9H,4-5H2,1-3H3,(H,12,15)(H,13,14)/t6-,7+,8-,9-/m0/s1. The number of hydrogen-bond acceptors (Lipinski definition) is 4. The number of carbonyl (C=O) groups excluding carboxylic acids is 1. The number of hydrogen-bond donors (Lipinski definition) is 2. The van der Waals surface area contributed by atoms with E-state index in [1.807, 2.05) is 13.8 Å². The molecule has 1 aliphatic rings. The molecule has 0 aromatic heterocycles. The predicted molar refractivity (Wildman–Crippen MR) is 59.7 cm³/mol. The van der Waals surface area contributed by atoms with Gasteiger partial charge >= 0.3 is 12.1 Å². The highest BCUT2D eigenvalue weighted by atomic mass is 16.5. The minimum Gasteiger partial charge on any atom is -0.480 e. The summed E-state index contributed by atoms with van der Waals surface area (Å²) in [6.07, 6.45) is 0.524. The van der Waals surface area contributed by atoms with E-state index in [0.29, 0.717) is 12.8 Å². The SMILES string of the molecule is COC(=O)N[C@H](C(=O)O)[C@@H]1C[C@@H](C)O[C@@H](C)C1. The number of carbonyl (C=O) groups is 2. The number of carboxylic acid groups (broad SMARTS) is 1. The Labute approximate surface area is 100 Å². The van der Waals surface area contributed by atoms with E-state index in [4.69, 9.17) is 9.84 Å². The van der Waals surface area contributed by atoms with Crippen LogP contribution in [0.1, 0.15) is 26.7 Å². The summed E-state index contributed by atoms with van der Waals surface area (Å²) in [5.41, 5.74) is 0. The van der Waals surface area contributed by atoms with Crippen LogP contribution < -0.4 is 5.32 Å². The van der Waals surface area contributed by atoms with E-state index < -0.39 is 18.1 Å². The number of methoxy groups -OCH3 is 1. The lowest BCUT2D eigenvalue weighted by molar-refractivity contribution is -0.143. The van der Waals surface area contributed by atoms with Crippen molar-refractivity contribution in [2.45, 2.75) is 44.9 Å². The Morgan fingerprint density at radius 3 is 2.29 bits per heavy atom. The van der Waals surface area contributed by atoms with Crippen molar-refractivity contribution in [1.82, 2.24) is 5.32 Å². The number of carboxylic acids is 1. The van der Waals surface area contributed by atoms with Crippen LogP contribution in [0.3, 0.4) is 0 Å². The van der Waals surface area contributed by atoms with Gasteiger partial charge in [-0.1, -0.05) is 0 Å². The van der Waals surface area contributed by atoms with Crippen LogP contribution in [0.4, 0.5) is 4.79 Å². The first-order valence-corrected chi connectivity index (χ1v) is 5.66. The number of nitrogens with one attached hydrogen (secondary N) is 1. The fourth-order valence-electron chi connectivity index (χ4n) is 2.30.